The van der Waals surface area contributed by atoms with Gasteiger partial charge < -0.3 is 20.3 Å². The predicted molar refractivity (Wildman–Crippen MR) is 108 cm³/mol. The number of carbonyl (C=O) groups excluding carboxylic acids is 3. The number of hydrogen-bond acceptors (Lipinski definition) is 5. The highest BCUT2D eigenvalue weighted by molar-refractivity contribution is 7.80. The summed E-state index contributed by atoms with van der Waals surface area (Å²) in [5.41, 5.74) is 0. The van der Waals surface area contributed by atoms with Crippen LogP contribution < -0.4 is 10.6 Å². The van der Waals surface area contributed by atoms with Crippen molar-refractivity contribution in [2.24, 2.45) is 5.92 Å². The first-order valence-corrected chi connectivity index (χ1v) is 11.0. The van der Waals surface area contributed by atoms with E-state index >= 15 is 0 Å². The molecule has 7 nitrogen and oxygen atoms in total. The number of nitrogens with zero attached hydrogens (tertiary/aromatic N) is 1. The van der Waals surface area contributed by atoms with Crippen molar-refractivity contribution < 1.29 is 19.1 Å². The molecule has 28 heavy (non-hydrogen) atoms. The van der Waals surface area contributed by atoms with Gasteiger partial charge in [0.1, 0.15) is 12.1 Å². The third kappa shape index (κ3) is 5.65. The number of amides is 2. The van der Waals surface area contributed by atoms with Gasteiger partial charge in [-0.15, -0.1) is 0 Å². The molecule has 2 amide bonds. The van der Waals surface area contributed by atoms with Crippen molar-refractivity contribution >= 4 is 35.1 Å². The zero-order valence-corrected chi connectivity index (χ0v) is 17.2. The van der Waals surface area contributed by atoms with Crippen molar-refractivity contribution in [2.75, 3.05) is 13.1 Å². The second-order valence-electron chi connectivity index (χ2n) is 8.08. The number of carbonyl (C=O) groups is 3. The first-order chi connectivity index (χ1) is 13.5. The molecule has 0 aromatic carbocycles. The lowest BCUT2D eigenvalue weighted by Crippen LogP contribution is -2.60. The Bertz CT molecular complexity index is 600. The van der Waals surface area contributed by atoms with Crippen molar-refractivity contribution in [1.29, 1.82) is 0 Å². The molecule has 0 aromatic heterocycles. The molecule has 2 N–H and O–H groups in total. The van der Waals surface area contributed by atoms with E-state index in [4.69, 9.17) is 17.0 Å². The molecule has 2 aliphatic carbocycles. The summed E-state index contributed by atoms with van der Waals surface area (Å²) in [4.78, 5) is 39.0. The molecule has 3 rings (SSSR count). The fraction of sp³-hybridized carbons (Fsp3) is 0.800. The molecule has 8 heteroatoms. The first-order valence-electron chi connectivity index (χ1n) is 10.6. The van der Waals surface area contributed by atoms with Gasteiger partial charge >= 0.3 is 5.97 Å². The Morgan fingerprint density at radius 1 is 1.07 bits per heavy atom. The summed E-state index contributed by atoms with van der Waals surface area (Å²) in [7, 11) is 0. The Kier molecular flexibility index (Phi) is 7.65. The van der Waals surface area contributed by atoms with E-state index in [0.29, 0.717) is 13.1 Å². The number of esters is 1. The quantitative estimate of drug-likeness (QED) is 0.546. The molecule has 0 spiro atoms. The van der Waals surface area contributed by atoms with Gasteiger partial charge in [0.25, 0.3) is 0 Å². The normalized spacial score (nSPS) is 24.4. The van der Waals surface area contributed by atoms with E-state index in [2.05, 4.69) is 10.6 Å². The van der Waals surface area contributed by atoms with Crippen LogP contribution in [0.2, 0.25) is 0 Å². The van der Waals surface area contributed by atoms with Crippen LogP contribution in [0, 0.1) is 5.92 Å². The van der Waals surface area contributed by atoms with Gasteiger partial charge in [0.05, 0.1) is 6.42 Å². The van der Waals surface area contributed by atoms with Crippen LogP contribution in [0.25, 0.3) is 0 Å². The van der Waals surface area contributed by atoms with Gasteiger partial charge in [-0.05, 0) is 50.7 Å². The van der Waals surface area contributed by atoms with Crippen LogP contribution in [0.1, 0.15) is 70.6 Å². The third-order valence-corrected chi connectivity index (χ3v) is 6.34. The SMILES string of the molecule is O=C(CC1C(=O)NCCN1C(=S)NC(=O)C1CCCCC1)OC1CCCCC1. The fourth-order valence-corrected chi connectivity index (χ4v) is 4.70. The number of hydrogen-bond donors (Lipinski definition) is 2. The van der Waals surface area contributed by atoms with Gasteiger partial charge in [-0.3, -0.25) is 14.4 Å². The van der Waals surface area contributed by atoms with Crippen molar-refractivity contribution in [3.8, 4) is 0 Å². The molecule has 0 bridgehead atoms. The Morgan fingerprint density at radius 2 is 1.71 bits per heavy atom. The summed E-state index contributed by atoms with van der Waals surface area (Å²) in [6.45, 7) is 0.906. The topological polar surface area (TPSA) is 87.7 Å². The Morgan fingerprint density at radius 3 is 2.39 bits per heavy atom. The summed E-state index contributed by atoms with van der Waals surface area (Å²) >= 11 is 5.43. The van der Waals surface area contributed by atoms with Crippen LogP contribution in [-0.2, 0) is 19.1 Å². The number of ether oxygens (including phenoxy) is 1. The highest BCUT2D eigenvalue weighted by Crippen LogP contribution is 2.24. The number of nitrogens with one attached hydrogen (secondary N) is 2. The van der Waals surface area contributed by atoms with Gasteiger partial charge in [0, 0.05) is 19.0 Å². The molecular formula is C20H31N3O4S. The zero-order chi connectivity index (χ0) is 19.9. The monoisotopic (exact) mass is 409 g/mol. The smallest absolute Gasteiger partial charge is 0.308 e. The minimum Gasteiger partial charge on any atom is -0.462 e. The molecule has 1 unspecified atom stereocenters. The van der Waals surface area contributed by atoms with Gasteiger partial charge in [-0.25, -0.2) is 0 Å². The minimum atomic E-state index is -0.732. The van der Waals surface area contributed by atoms with E-state index in [1.54, 1.807) is 4.90 Å². The average molecular weight is 410 g/mol. The molecular weight excluding hydrogens is 378 g/mol. The molecule has 2 saturated carbocycles. The summed E-state index contributed by atoms with van der Waals surface area (Å²) in [5.74, 6) is -0.708. The van der Waals surface area contributed by atoms with Gasteiger partial charge in [0.2, 0.25) is 11.8 Å². The maximum atomic E-state index is 12.5. The summed E-state index contributed by atoms with van der Waals surface area (Å²) in [5, 5.41) is 5.83. The lowest BCUT2D eigenvalue weighted by molar-refractivity contribution is -0.153. The van der Waals surface area contributed by atoms with Gasteiger partial charge in [-0.2, -0.15) is 0 Å². The van der Waals surface area contributed by atoms with Gasteiger partial charge in [0.15, 0.2) is 5.11 Å². The molecule has 3 fully saturated rings. The van der Waals surface area contributed by atoms with E-state index < -0.39 is 6.04 Å². The third-order valence-electron chi connectivity index (χ3n) is 6.01. The molecule has 0 aromatic rings. The molecule has 1 atom stereocenters. The van der Waals surface area contributed by atoms with Crippen LogP contribution in [-0.4, -0.2) is 53.0 Å². The van der Waals surface area contributed by atoms with Crippen LogP contribution >= 0.6 is 12.2 Å². The summed E-state index contributed by atoms with van der Waals surface area (Å²) in [6.07, 6.45) is 10.1. The fourth-order valence-electron chi connectivity index (χ4n) is 4.38. The number of piperazine rings is 1. The Balaban J connectivity index is 1.56. The standard InChI is InChI=1S/C20H31N3O4S/c24-17(27-15-9-5-2-6-10-15)13-16-19(26)21-11-12-23(16)20(28)22-18(25)14-7-3-1-4-8-14/h14-16H,1-13H2,(H,21,26)(H,22,25,28). The first kappa shape index (κ1) is 21.0. The predicted octanol–water partition coefficient (Wildman–Crippen LogP) is 2.03. The zero-order valence-electron chi connectivity index (χ0n) is 16.4. The van der Waals surface area contributed by atoms with Crippen LogP contribution in [0.3, 0.4) is 0 Å². The minimum absolute atomic E-state index is 0.0139. The Labute approximate surface area is 171 Å². The van der Waals surface area contributed by atoms with E-state index in [1.165, 1.54) is 12.8 Å². The number of rotatable bonds is 4. The number of thiocarbonyl (C=S) groups is 1. The van der Waals surface area contributed by atoms with Gasteiger partial charge in [-0.1, -0.05) is 25.7 Å². The molecule has 3 aliphatic rings. The molecule has 0 radical (unpaired) electrons. The highest BCUT2D eigenvalue weighted by Gasteiger charge is 2.35. The molecule has 1 heterocycles. The lowest BCUT2D eigenvalue weighted by atomic mass is 9.89. The van der Waals surface area contributed by atoms with Crippen molar-refractivity contribution in [1.82, 2.24) is 15.5 Å². The van der Waals surface area contributed by atoms with E-state index in [0.717, 1.165) is 51.4 Å². The van der Waals surface area contributed by atoms with E-state index in [1.807, 2.05) is 0 Å². The van der Waals surface area contributed by atoms with Crippen molar-refractivity contribution in [2.45, 2.75) is 82.8 Å². The highest BCUT2D eigenvalue weighted by atomic mass is 32.1. The summed E-state index contributed by atoms with van der Waals surface area (Å²) in [6, 6.07) is -0.732. The summed E-state index contributed by atoms with van der Waals surface area (Å²) < 4.78 is 5.57. The molecule has 156 valence electrons. The van der Waals surface area contributed by atoms with Crippen molar-refractivity contribution in [3.63, 3.8) is 0 Å². The van der Waals surface area contributed by atoms with Crippen LogP contribution in [0.15, 0.2) is 0 Å². The lowest BCUT2D eigenvalue weighted by Gasteiger charge is -2.37. The maximum absolute atomic E-state index is 12.5. The average Bonchev–Trinajstić information content (AvgIpc) is 2.70. The van der Waals surface area contributed by atoms with E-state index in [-0.39, 0.29) is 41.3 Å². The molecule has 1 saturated heterocycles. The second-order valence-corrected chi connectivity index (χ2v) is 8.47. The second kappa shape index (κ2) is 10.2. The Hall–Kier alpha value is -1.70. The van der Waals surface area contributed by atoms with Crippen LogP contribution in [0.5, 0.6) is 0 Å². The molecule has 1 aliphatic heterocycles. The van der Waals surface area contributed by atoms with Crippen LogP contribution in [0.4, 0.5) is 0 Å². The largest absolute Gasteiger partial charge is 0.462 e. The maximum Gasteiger partial charge on any atom is 0.308 e. The van der Waals surface area contributed by atoms with E-state index in [9.17, 15) is 14.4 Å². The van der Waals surface area contributed by atoms with Crippen molar-refractivity contribution in [3.05, 3.63) is 0 Å².